The van der Waals surface area contributed by atoms with E-state index >= 15 is 0 Å². The van der Waals surface area contributed by atoms with Gasteiger partial charge >= 0.3 is 0 Å². The second kappa shape index (κ2) is 7.16. The van der Waals surface area contributed by atoms with Gasteiger partial charge in [-0.3, -0.25) is 4.79 Å². The maximum absolute atomic E-state index is 12.1. The molecule has 0 spiro atoms. The predicted octanol–water partition coefficient (Wildman–Crippen LogP) is 3.87. The second-order valence-corrected chi connectivity index (χ2v) is 6.54. The van der Waals surface area contributed by atoms with Crippen molar-refractivity contribution in [2.24, 2.45) is 7.05 Å². The molecule has 1 aromatic heterocycles. The van der Waals surface area contributed by atoms with Crippen molar-refractivity contribution in [3.05, 3.63) is 61.0 Å². The zero-order valence-electron chi connectivity index (χ0n) is 13.2. The van der Waals surface area contributed by atoms with Crippen LogP contribution in [-0.4, -0.2) is 9.78 Å². The van der Waals surface area contributed by atoms with Gasteiger partial charge in [-0.1, -0.05) is 37.0 Å². The smallest absolute Gasteiger partial charge is 0.268 e. The van der Waals surface area contributed by atoms with Gasteiger partial charge in [0.1, 0.15) is 0 Å². The number of halogens is 2. The van der Waals surface area contributed by atoms with Crippen LogP contribution >= 0.6 is 23.2 Å². The van der Waals surface area contributed by atoms with E-state index in [1.165, 1.54) is 4.68 Å². The average Bonchev–Trinajstić information content (AvgIpc) is 2.46. The Morgan fingerprint density at radius 3 is 2.39 bits per heavy atom. The topological polar surface area (TPSA) is 58.7 Å². The molecule has 120 valence electrons. The highest BCUT2D eigenvalue weighted by Crippen LogP contribution is 2.29. The average molecular weight is 350 g/mol. The van der Waals surface area contributed by atoms with Crippen molar-refractivity contribution in [2.75, 3.05) is 0 Å². The van der Waals surface area contributed by atoms with Crippen LogP contribution in [-0.2, 0) is 19.9 Å². The van der Waals surface area contributed by atoms with Crippen LogP contribution in [0.15, 0.2) is 23.0 Å². The monoisotopic (exact) mass is 349 g/mol. The van der Waals surface area contributed by atoms with E-state index in [0.717, 1.165) is 16.8 Å². The zero-order valence-corrected chi connectivity index (χ0v) is 14.7. The maximum atomic E-state index is 12.1. The standard InChI is InChI=1S/C17H17Cl2N3O/c1-10(2)13-8-12(21-22(3)17(13)23)9-14-15(18)6-11(4-5-20)7-16(14)19/h6-8,10H,4,9H2,1-3H3. The van der Waals surface area contributed by atoms with Gasteiger partial charge in [-0.05, 0) is 35.2 Å². The summed E-state index contributed by atoms with van der Waals surface area (Å²) in [5.41, 5.74) is 2.88. The summed E-state index contributed by atoms with van der Waals surface area (Å²) in [5, 5.41) is 14.1. The molecular formula is C17H17Cl2N3O. The third kappa shape index (κ3) is 3.93. The van der Waals surface area contributed by atoms with E-state index in [4.69, 9.17) is 28.5 Å². The van der Waals surface area contributed by atoms with E-state index < -0.39 is 0 Å². The quantitative estimate of drug-likeness (QED) is 0.841. The SMILES string of the molecule is CC(C)c1cc(Cc2c(Cl)cc(CC#N)cc2Cl)nn(C)c1=O. The predicted molar refractivity (Wildman–Crippen MR) is 92.2 cm³/mol. The lowest BCUT2D eigenvalue weighted by molar-refractivity contribution is 0.658. The van der Waals surface area contributed by atoms with Gasteiger partial charge in [0.25, 0.3) is 5.56 Å². The third-order valence-electron chi connectivity index (χ3n) is 3.61. The fourth-order valence-electron chi connectivity index (χ4n) is 2.39. The fraction of sp³-hybridized carbons (Fsp3) is 0.353. The fourth-order valence-corrected chi connectivity index (χ4v) is 3.06. The number of nitrogens with zero attached hydrogens (tertiary/aromatic N) is 3. The Morgan fingerprint density at radius 2 is 1.87 bits per heavy atom. The highest BCUT2D eigenvalue weighted by atomic mass is 35.5. The molecule has 0 aliphatic rings. The van der Waals surface area contributed by atoms with E-state index in [-0.39, 0.29) is 17.9 Å². The summed E-state index contributed by atoms with van der Waals surface area (Å²) in [6.07, 6.45) is 0.688. The first-order valence-electron chi connectivity index (χ1n) is 7.24. The molecule has 0 amide bonds. The Morgan fingerprint density at radius 1 is 1.26 bits per heavy atom. The van der Waals surface area contributed by atoms with Crippen LogP contribution in [0.5, 0.6) is 0 Å². The van der Waals surface area contributed by atoms with Crippen LogP contribution in [0.25, 0.3) is 0 Å². The number of hydrogen-bond acceptors (Lipinski definition) is 3. The molecule has 2 rings (SSSR count). The number of benzene rings is 1. The lowest BCUT2D eigenvalue weighted by Crippen LogP contribution is -2.25. The van der Waals surface area contributed by atoms with Gasteiger partial charge in [0, 0.05) is 29.1 Å². The van der Waals surface area contributed by atoms with Gasteiger partial charge in [0.05, 0.1) is 18.2 Å². The van der Waals surface area contributed by atoms with Crippen LogP contribution < -0.4 is 5.56 Å². The lowest BCUT2D eigenvalue weighted by atomic mass is 10.0. The van der Waals surface area contributed by atoms with Gasteiger partial charge in [-0.15, -0.1) is 0 Å². The Bertz CT molecular complexity index is 812. The van der Waals surface area contributed by atoms with Gasteiger partial charge in [-0.2, -0.15) is 10.4 Å². The minimum atomic E-state index is -0.0923. The van der Waals surface area contributed by atoms with Crippen molar-refractivity contribution in [2.45, 2.75) is 32.6 Å². The molecule has 0 N–H and O–H groups in total. The van der Waals surface area contributed by atoms with E-state index in [1.54, 1.807) is 19.2 Å². The molecule has 0 aliphatic heterocycles. The van der Waals surface area contributed by atoms with Crippen LogP contribution in [0.1, 0.15) is 42.1 Å². The second-order valence-electron chi connectivity index (χ2n) is 5.72. The summed E-state index contributed by atoms with van der Waals surface area (Å²) in [4.78, 5) is 12.1. The number of hydrogen-bond donors (Lipinski definition) is 0. The maximum Gasteiger partial charge on any atom is 0.269 e. The highest BCUT2D eigenvalue weighted by Gasteiger charge is 2.14. The number of nitriles is 1. The first-order valence-corrected chi connectivity index (χ1v) is 8.00. The first-order chi connectivity index (χ1) is 10.8. The molecule has 0 unspecified atom stereocenters. The van der Waals surface area contributed by atoms with Crippen molar-refractivity contribution >= 4 is 23.2 Å². The molecule has 0 saturated heterocycles. The normalized spacial score (nSPS) is 10.8. The summed E-state index contributed by atoms with van der Waals surface area (Å²) in [6.45, 7) is 3.94. The van der Waals surface area contributed by atoms with Crippen molar-refractivity contribution in [3.8, 4) is 6.07 Å². The summed E-state index contributed by atoms with van der Waals surface area (Å²) >= 11 is 12.6. The third-order valence-corrected chi connectivity index (χ3v) is 4.28. The molecule has 1 aromatic carbocycles. The Labute approximate surface area is 145 Å². The van der Waals surface area contributed by atoms with Crippen molar-refractivity contribution < 1.29 is 0 Å². The molecule has 6 heteroatoms. The molecule has 0 bridgehead atoms. The van der Waals surface area contributed by atoms with Crippen molar-refractivity contribution in [1.82, 2.24) is 9.78 Å². The molecule has 0 saturated carbocycles. The molecule has 4 nitrogen and oxygen atoms in total. The lowest BCUT2D eigenvalue weighted by Gasteiger charge is -2.12. The number of aromatic nitrogens is 2. The Balaban J connectivity index is 2.44. The van der Waals surface area contributed by atoms with E-state index in [0.29, 0.717) is 22.0 Å². The molecule has 23 heavy (non-hydrogen) atoms. The molecule has 2 aromatic rings. The van der Waals surface area contributed by atoms with E-state index in [1.807, 2.05) is 19.9 Å². The molecule has 0 atom stereocenters. The zero-order chi connectivity index (χ0) is 17.1. The van der Waals surface area contributed by atoms with Crippen LogP contribution in [0.3, 0.4) is 0 Å². The number of rotatable bonds is 4. The van der Waals surface area contributed by atoms with Gasteiger partial charge in [-0.25, -0.2) is 4.68 Å². The van der Waals surface area contributed by atoms with Gasteiger partial charge in [0.2, 0.25) is 0 Å². The van der Waals surface area contributed by atoms with E-state index in [2.05, 4.69) is 11.2 Å². The summed E-state index contributed by atoms with van der Waals surface area (Å²) in [5.74, 6) is 0.111. The van der Waals surface area contributed by atoms with Crippen LogP contribution in [0.2, 0.25) is 10.0 Å². The van der Waals surface area contributed by atoms with E-state index in [9.17, 15) is 4.79 Å². The van der Waals surface area contributed by atoms with Gasteiger partial charge < -0.3 is 0 Å². The van der Waals surface area contributed by atoms with Crippen molar-refractivity contribution in [3.63, 3.8) is 0 Å². The van der Waals surface area contributed by atoms with Crippen LogP contribution in [0, 0.1) is 11.3 Å². The largest absolute Gasteiger partial charge is 0.269 e. The minimum absolute atomic E-state index is 0.0923. The van der Waals surface area contributed by atoms with Gasteiger partial charge in [0.15, 0.2) is 0 Å². The molecule has 0 aliphatic carbocycles. The molecule has 1 heterocycles. The Kier molecular flexibility index (Phi) is 5.46. The molecule has 0 fully saturated rings. The molecule has 0 radical (unpaired) electrons. The highest BCUT2D eigenvalue weighted by molar-refractivity contribution is 6.36. The summed E-state index contributed by atoms with van der Waals surface area (Å²) in [7, 11) is 1.64. The number of aryl methyl sites for hydroxylation is 1. The van der Waals surface area contributed by atoms with Crippen LogP contribution in [0.4, 0.5) is 0 Å². The van der Waals surface area contributed by atoms with Crippen molar-refractivity contribution in [1.29, 1.82) is 5.26 Å². The summed E-state index contributed by atoms with van der Waals surface area (Å²) < 4.78 is 1.34. The molecular weight excluding hydrogens is 333 g/mol. The summed E-state index contributed by atoms with van der Waals surface area (Å²) in [6, 6.07) is 7.38. The Hall–Kier alpha value is -1.83. The minimum Gasteiger partial charge on any atom is -0.268 e. The first kappa shape index (κ1) is 17.5.